The van der Waals surface area contributed by atoms with Gasteiger partial charge in [0.2, 0.25) is 0 Å². The third-order valence-electron chi connectivity index (χ3n) is 4.37. The van der Waals surface area contributed by atoms with Gasteiger partial charge in [0.15, 0.2) is 5.16 Å². The van der Waals surface area contributed by atoms with Crippen LogP contribution in [0.15, 0.2) is 45.8 Å². The van der Waals surface area contributed by atoms with Gasteiger partial charge < -0.3 is 9.30 Å². The monoisotopic (exact) mass is 439 g/mol. The Morgan fingerprint density at radius 2 is 2.14 bits per heavy atom. The highest BCUT2D eigenvalue weighted by Crippen LogP contribution is 2.40. The summed E-state index contributed by atoms with van der Waals surface area (Å²) in [4.78, 5) is 1.73. The molecule has 2 heterocycles. The largest absolute Gasteiger partial charge is 0.496 e. The van der Waals surface area contributed by atoms with Crippen LogP contribution >= 0.6 is 34.9 Å². The zero-order chi connectivity index (χ0) is 19.5. The molecule has 1 aliphatic carbocycles. The molecular weight excluding hydrogens is 420 g/mol. The van der Waals surface area contributed by atoms with Gasteiger partial charge in [-0.05, 0) is 42.0 Å². The summed E-state index contributed by atoms with van der Waals surface area (Å²) < 4.78 is 32.9. The highest BCUT2D eigenvalue weighted by molar-refractivity contribution is 7.99. The summed E-state index contributed by atoms with van der Waals surface area (Å²) in [5.41, 5.74) is 1.01. The molecule has 4 rings (SSSR count). The molecule has 0 atom stereocenters. The molecular formula is C19H19F2N3OS3. The van der Waals surface area contributed by atoms with Crippen molar-refractivity contribution in [1.29, 1.82) is 0 Å². The number of hydrogen-bond acceptors (Lipinski definition) is 6. The number of halogens is 2. The lowest BCUT2D eigenvalue weighted by Gasteiger charge is -2.11. The smallest absolute Gasteiger partial charge is 0.289 e. The Labute approximate surface area is 174 Å². The second-order valence-electron chi connectivity index (χ2n) is 6.41. The van der Waals surface area contributed by atoms with E-state index in [1.807, 2.05) is 12.1 Å². The minimum absolute atomic E-state index is 0.450. The summed E-state index contributed by atoms with van der Waals surface area (Å²) in [6, 6.07) is 10.0. The number of methoxy groups -OCH3 is 1. The molecule has 0 radical (unpaired) electrons. The summed E-state index contributed by atoms with van der Waals surface area (Å²) in [7, 11) is 1.50. The maximum atomic E-state index is 12.7. The van der Waals surface area contributed by atoms with Gasteiger partial charge in [0, 0.05) is 23.1 Å². The number of nitrogens with zero attached hydrogens (tertiary/aromatic N) is 3. The summed E-state index contributed by atoms with van der Waals surface area (Å²) in [6.45, 7) is 0. The molecule has 9 heteroatoms. The lowest BCUT2D eigenvalue weighted by Crippen LogP contribution is -2.03. The van der Waals surface area contributed by atoms with Crippen molar-refractivity contribution in [3.05, 3.63) is 52.0 Å². The molecule has 1 fully saturated rings. The van der Waals surface area contributed by atoms with Gasteiger partial charge in [-0.25, -0.2) is 0 Å². The van der Waals surface area contributed by atoms with E-state index in [9.17, 15) is 8.78 Å². The topological polar surface area (TPSA) is 39.9 Å². The van der Waals surface area contributed by atoms with Crippen molar-refractivity contribution in [2.45, 2.75) is 46.9 Å². The fourth-order valence-corrected chi connectivity index (χ4v) is 5.20. The van der Waals surface area contributed by atoms with Crippen LogP contribution in [0.1, 0.15) is 35.1 Å². The summed E-state index contributed by atoms with van der Waals surface area (Å²) in [6.07, 6.45) is 3.13. The number of ether oxygens (including phenoxy) is 1. The van der Waals surface area contributed by atoms with Crippen LogP contribution in [0.4, 0.5) is 8.78 Å². The molecule has 0 unspecified atom stereocenters. The van der Waals surface area contributed by atoms with Crippen LogP contribution < -0.4 is 4.74 Å². The SMILES string of the molecule is COc1cc(CSc2nnc(Cc3cccs3)n2C2CC2)ccc1SC(F)F. The molecule has 3 aromatic rings. The highest BCUT2D eigenvalue weighted by atomic mass is 32.2. The van der Waals surface area contributed by atoms with Crippen LogP contribution in [0, 0.1) is 0 Å². The molecule has 2 aromatic heterocycles. The van der Waals surface area contributed by atoms with Gasteiger partial charge in [-0.3, -0.25) is 0 Å². The molecule has 0 saturated heterocycles. The van der Waals surface area contributed by atoms with E-state index in [0.29, 0.717) is 34.2 Å². The summed E-state index contributed by atoms with van der Waals surface area (Å²) in [5, 5.41) is 11.8. The fourth-order valence-electron chi connectivity index (χ4n) is 2.94. The van der Waals surface area contributed by atoms with Gasteiger partial charge in [0.05, 0.1) is 12.0 Å². The zero-order valence-electron chi connectivity index (χ0n) is 15.2. The van der Waals surface area contributed by atoms with Gasteiger partial charge in [0.1, 0.15) is 11.6 Å². The van der Waals surface area contributed by atoms with Crippen molar-refractivity contribution in [2.75, 3.05) is 7.11 Å². The molecule has 148 valence electrons. The van der Waals surface area contributed by atoms with Crippen molar-refractivity contribution in [1.82, 2.24) is 14.8 Å². The second kappa shape index (κ2) is 8.84. The first-order chi connectivity index (χ1) is 13.6. The van der Waals surface area contributed by atoms with Crippen molar-refractivity contribution < 1.29 is 13.5 Å². The Morgan fingerprint density at radius 3 is 2.82 bits per heavy atom. The number of hydrogen-bond donors (Lipinski definition) is 0. The van der Waals surface area contributed by atoms with Crippen molar-refractivity contribution in [3.8, 4) is 5.75 Å². The first-order valence-corrected chi connectivity index (χ1v) is 11.6. The van der Waals surface area contributed by atoms with Gasteiger partial charge in [0.25, 0.3) is 5.76 Å². The van der Waals surface area contributed by atoms with Crippen LogP contribution in [-0.2, 0) is 12.2 Å². The maximum absolute atomic E-state index is 12.7. The van der Waals surface area contributed by atoms with E-state index < -0.39 is 5.76 Å². The Bertz CT molecular complexity index is 927. The average molecular weight is 440 g/mol. The normalized spacial score (nSPS) is 14.0. The van der Waals surface area contributed by atoms with Gasteiger partial charge in [-0.1, -0.05) is 35.7 Å². The molecule has 0 bridgehead atoms. The Hall–Kier alpha value is -1.58. The van der Waals surface area contributed by atoms with E-state index in [1.54, 1.807) is 29.2 Å². The second-order valence-corrected chi connectivity index (χ2v) is 9.42. The van der Waals surface area contributed by atoms with Crippen LogP contribution in [0.2, 0.25) is 0 Å². The van der Waals surface area contributed by atoms with E-state index >= 15 is 0 Å². The van der Waals surface area contributed by atoms with E-state index in [-0.39, 0.29) is 0 Å². The minimum Gasteiger partial charge on any atom is -0.496 e. The third-order valence-corrected chi connectivity index (χ3v) is 7.03. The van der Waals surface area contributed by atoms with E-state index in [4.69, 9.17) is 4.74 Å². The van der Waals surface area contributed by atoms with Crippen LogP contribution in [0.25, 0.3) is 0 Å². The number of thiophene rings is 1. The molecule has 0 amide bonds. The standard InChI is InChI=1S/C19H19F2N3OS3/c1-25-15-9-12(4-7-16(15)28-18(20)21)11-27-19-23-22-17(24(19)13-5-6-13)10-14-3-2-8-26-14/h2-4,7-9,13,18H,5-6,10-11H2,1H3. The summed E-state index contributed by atoms with van der Waals surface area (Å²) >= 11 is 3.86. The van der Waals surface area contributed by atoms with E-state index in [1.165, 1.54) is 12.0 Å². The van der Waals surface area contributed by atoms with Gasteiger partial charge in [-0.2, -0.15) is 8.78 Å². The quantitative estimate of drug-likeness (QED) is 0.389. The number of benzene rings is 1. The lowest BCUT2D eigenvalue weighted by molar-refractivity contribution is 0.251. The first-order valence-electron chi connectivity index (χ1n) is 8.84. The average Bonchev–Trinajstić information content (AvgIpc) is 3.23. The molecule has 28 heavy (non-hydrogen) atoms. The highest BCUT2D eigenvalue weighted by Gasteiger charge is 2.29. The summed E-state index contributed by atoms with van der Waals surface area (Å²) in [5.74, 6) is -0.299. The Balaban J connectivity index is 1.48. The van der Waals surface area contributed by atoms with E-state index in [2.05, 4.69) is 32.3 Å². The van der Waals surface area contributed by atoms with E-state index in [0.717, 1.165) is 35.8 Å². The molecule has 0 spiro atoms. The Morgan fingerprint density at radius 1 is 1.29 bits per heavy atom. The molecule has 1 saturated carbocycles. The number of thioether (sulfide) groups is 2. The fraction of sp³-hybridized carbons (Fsp3) is 0.368. The number of rotatable bonds is 9. The first kappa shape index (κ1) is 19.7. The molecule has 1 aromatic carbocycles. The molecule has 0 N–H and O–H groups in total. The zero-order valence-corrected chi connectivity index (χ0v) is 17.6. The van der Waals surface area contributed by atoms with Gasteiger partial charge in [-0.15, -0.1) is 21.5 Å². The molecule has 1 aliphatic rings. The predicted octanol–water partition coefficient (Wildman–Crippen LogP) is 5.88. The van der Waals surface area contributed by atoms with Crippen LogP contribution in [0.5, 0.6) is 5.75 Å². The number of aromatic nitrogens is 3. The lowest BCUT2D eigenvalue weighted by atomic mass is 10.2. The van der Waals surface area contributed by atoms with Crippen LogP contribution in [0.3, 0.4) is 0 Å². The molecule has 0 aliphatic heterocycles. The maximum Gasteiger partial charge on any atom is 0.289 e. The Kier molecular flexibility index (Phi) is 6.22. The van der Waals surface area contributed by atoms with Crippen molar-refractivity contribution in [2.24, 2.45) is 0 Å². The van der Waals surface area contributed by atoms with Gasteiger partial charge >= 0.3 is 0 Å². The predicted molar refractivity (Wildman–Crippen MR) is 110 cm³/mol. The van der Waals surface area contributed by atoms with Crippen molar-refractivity contribution in [3.63, 3.8) is 0 Å². The third kappa shape index (κ3) is 4.69. The minimum atomic E-state index is -2.46. The number of alkyl halides is 2. The molecule has 4 nitrogen and oxygen atoms in total. The van der Waals surface area contributed by atoms with Crippen molar-refractivity contribution >= 4 is 34.9 Å². The van der Waals surface area contributed by atoms with Crippen LogP contribution in [-0.4, -0.2) is 27.6 Å².